The number of hydrogen-bond donors (Lipinski definition) is 1. The highest BCUT2D eigenvalue weighted by Crippen LogP contribution is 2.61. The van der Waals surface area contributed by atoms with Gasteiger partial charge in [-0.2, -0.15) is 0 Å². The van der Waals surface area contributed by atoms with Crippen molar-refractivity contribution in [3.63, 3.8) is 0 Å². The SMILES string of the molecule is COc1ccc2c(c1)[C@]1(C(=O)N2)C(C(=O)c2cccnc2)[C@@H](c2cccc([N+](=O)[O-])c2)C2CCCN21. The second-order valence-corrected chi connectivity index (χ2v) is 9.50. The number of nitro benzene ring substituents is 1. The van der Waals surface area contributed by atoms with Crippen molar-refractivity contribution in [3.05, 3.63) is 93.8 Å². The van der Waals surface area contributed by atoms with Gasteiger partial charge in [0, 0.05) is 53.3 Å². The molecule has 2 saturated heterocycles. The van der Waals surface area contributed by atoms with Gasteiger partial charge in [0.15, 0.2) is 5.78 Å². The second-order valence-electron chi connectivity index (χ2n) is 9.50. The molecule has 6 rings (SSSR count). The molecule has 36 heavy (non-hydrogen) atoms. The van der Waals surface area contributed by atoms with Crippen LogP contribution in [-0.4, -0.2) is 46.2 Å². The van der Waals surface area contributed by atoms with Gasteiger partial charge in [-0.15, -0.1) is 0 Å². The number of benzene rings is 2. The predicted octanol–water partition coefficient (Wildman–Crippen LogP) is 3.91. The first-order chi connectivity index (χ1) is 17.5. The fourth-order valence-corrected chi connectivity index (χ4v) is 6.57. The van der Waals surface area contributed by atoms with E-state index in [1.165, 1.54) is 12.3 Å². The fraction of sp³-hybridized carbons (Fsp3) is 0.296. The molecule has 3 aliphatic rings. The van der Waals surface area contributed by atoms with E-state index in [4.69, 9.17) is 4.74 Å². The Hall–Kier alpha value is -4.11. The minimum atomic E-state index is -1.27. The van der Waals surface area contributed by atoms with Crippen molar-refractivity contribution >= 4 is 23.1 Å². The Morgan fingerprint density at radius 2 is 2.08 bits per heavy atom. The molecule has 4 heterocycles. The smallest absolute Gasteiger partial charge is 0.269 e. The number of nitrogens with zero attached hydrogens (tertiary/aromatic N) is 3. The lowest BCUT2D eigenvalue weighted by Gasteiger charge is -2.37. The molecule has 0 saturated carbocycles. The predicted molar refractivity (Wildman–Crippen MR) is 131 cm³/mol. The Morgan fingerprint density at radius 1 is 1.22 bits per heavy atom. The van der Waals surface area contributed by atoms with Crippen molar-refractivity contribution in [2.75, 3.05) is 19.0 Å². The van der Waals surface area contributed by atoms with E-state index in [9.17, 15) is 19.7 Å². The molecule has 2 fully saturated rings. The molecule has 1 spiro atoms. The van der Waals surface area contributed by atoms with Crippen LogP contribution in [0.3, 0.4) is 0 Å². The maximum Gasteiger partial charge on any atom is 0.269 e. The van der Waals surface area contributed by atoms with Crippen LogP contribution in [0.2, 0.25) is 0 Å². The molecule has 1 aromatic heterocycles. The fourth-order valence-electron chi connectivity index (χ4n) is 6.57. The third-order valence-electron chi connectivity index (χ3n) is 7.90. The maximum atomic E-state index is 14.3. The lowest BCUT2D eigenvalue weighted by Crippen LogP contribution is -2.52. The number of carbonyl (C=O) groups is 2. The summed E-state index contributed by atoms with van der Waals surface area (Å²) in [5, 5.41) is 14.6. The van der Waals surface area contributed by atoms with Crippen LogP contribution in [0.15, 0.2) is 67.0 Å². The zero-order chi connectivity index (χ0) is 25.0. The number of ether oxygens (including phenoxy) is 1. The Morgan fingerprint density at radius 3 is 2.83 bits per heavy atom. The van der Waals surface area contributed by atoms with Gasteiger partial charge in [0.1, 0.15) is 11.3 Å². The lowest BCUT2D eigenvalue weighted by molar-refractivity contribution is -0.384. The topological polar surface area (TPSA) is 115 Å². The molecular formula is C27H24N4O5. The number of nitrogens with one attached hydrogen (secondary N) is 1. The highest BCUT2D eigenvalue weighted by Gasteiger charge is 2.69. The van der Waals surface area contributed by atoms with E-state index in [1.54, 1.807) is 49.7 Å². The summed E-state index contributed by atoms with van der Waals surface area (Å²) in [5.74, 6) is -1.12. The van der Waals surface area contributed by atoms with Gasteiger partial charge in [-0.3, -0.25) is 29.6 Å². The summed E-state index contributed by atoms with van der Waals surface area (Å²) < 4.78 is 5.50. The highest BCUT2D eigenvalue weighted by molar-refractivity contribution is 6.12. The van der Waals surface area contributed by atoms with E-state index in [2.05, 4.69) is 15.2 Å². The molecule has 1 amide bonds. The molecule has 182 valence electrons. The Labute approximate surface area is 207 Å². The number of pyridine rings is 1. The van der Waals surface area contributed by atoms with Crippen molar-refractivity contribution in [1.29, 1.82) is 0 Å². The van der Waals surface area contributed by atoms with Crippen LogP contribution in [0.25, 0.3) is 0 Å². The van der Waals surface area contributed by atoms with Crippen LogP contribution in [0.1, 0.15) is 40.2 Å². The van der Waals surface area contributed by atoms with Crippen molar-refractivity contribution in [1.82, 2.24) is 9.88 Å². The minimum Gasteiger partial charge on any atom is -0.497 e. The van der Waals surface area contributed by atoms with E-state index in [1.807, 2.05) is 12.1 Å². The molecule has 3 aliphatic heterocycles. The number of hydrogen-bond acceptors (Lipinski definition) is 7. The summed E-state index contributed by atoms with van der Waals surface area (Å²) in [6, 6.07) is 15.2. The number of non-ortho nitro benzene ring substituents is 1. The van der Waals surface area contributed by atoms with Crippen LogP contribution < -0.4 is 10.1 Å². The zero-order valence-corrected chi connectivity index (χ0v) is 19.6. The maximum absolute atomic E-state index is 14.3. The van der Waals surface area contributed by atoms with E-state index >= 15 is 0 Å². The summed E-state index contributed by atoms with van der Waals surface area (Å²) in [6.45, 7) is 0.636. The van der Waals surface area contributed by atoms with Crippen LogP contribution in [0.4, 0.5) is 11.4 Å². The number of anilines is 1. The molecule has 9 nitrogen and oxygen atoms in total. The van der Waals surface area contributed by atoms with Gasteiger partial charge in [0.2, 0.25) is 5.91 Å². The molecular weight excluding hydrogens is 460 g/mol. The van der Waals surface area contributed by atoms with E-state index in [-0.39, 0.29) is 23.4 Å². The summed E-state index contributed by atoms with van der Waals surface area (Å²) in [6.07, 6.45) is 4.75. The third kappa shape index (κ3) is 3.02. The van der Waals surface area contributed by atoms with Crippen LogP contribution in [0.5, 0.6) is 5.75 Å². The monoisotopic (exact) mass is 484 g/mol. The van der Waals surface area contributed by atoms with Crippen LogP contribution >= 0.6 is 0 Å². The van der Waals surface area contributed by atoms with Gasteiger partial charge in [-0.1, -0.05) is 12.1 Å². The van der Waals surface area contributed by atoms with E-state index in [0.29, 0.717) is 34.7 Å². The number of rotatable bonds is 5. The molecule has 2 unspecified atom stereocenters. The average Bonchev–Trinajstić information content (AvgIpc) is 3.57. The largest absolute Gasteiger partial charge is 0.497 e. The van der Waals surface area contributed by atoms with Gasteiger partial charge in [-0.05, 0) is 55.3 Å². The van der Waals surface area contributed by atoms with Crippen LogP contribution in [0, 0.1) is 16.0 Å². The van der Waals surface area contributed by atoms with Crippen molar-refractivity contribution < 1.29 is 19.2 Å². The summed E-state index contributed by atoms with van der Waals surface area (Å²) >= 11 is 0. The molecule has 3 aromatic rings. The number of aromatic nitrogens is 1. The lowest BCUT2D eigenvalue weighted by atomic mass is 9.69. The Balaban J connectivity index is 1.63. The Kier molecular flexibility index (Phi) is 5.11. The minimum absolute atomic E-state index is 0.0384. The van der Waals surface area contributed by atoms with Crippen molar-refractivity contribution in [2.24, 2.45) is 5.92 Å². The Bertz CT molecular complexity index is 1390. The van der Waals surface area contributed by atoms with Gasteiger partial charge < -0.3 is 10.1 Å². The first kappa shape index (κ1) is 22.4. The van der Waals surface area contributed by atoms with Crippen LogP contribution in [-0.2, 0) is 10.3 Å². The van der Waals surface area contributed by atoms with Gasteiger partial charge in [0.05, 0.1) is 18.0 Å². The second kappa shape index (κ2) is 8.23. The van der Waals surface area contributed by atoms with E-state index < -0.39 is 22.3 Å². The van der Waals surface area contributed by atoms with Crippen molar-refractivity contribution in [2.45, 2.75) is 30.3 Å². The van der Waals surface area contributed by atoms with Gasteiger partial charge in [-0.25, -0.2) is 0 Å². The molecule has 0 aliphatic carbocycles. The summed E-state index contributed by atoms with van der Waals surface area (Å²) in [4.78, 5) is 45.8. The number of carbonyl (C=O) groups excluding carboxylic acids is 2. The van der Waals surface area contributed by atoms with Gasteiger partial charge >= 0.3 is 0 Å². The first-order valence-electron chi connectivity index (χ1n) is 11.9. The van der Waals surface area contributed by atoms with Crippen molar-refractivity contribution in [3.8, 4) is 5.75 Å². The molecule has 9 heteroatoms. The number of methoxy groups -OCH3 is 1. The van der Waals surface area contributed by atoms with Gasteiger partial charge in [0.25, 0.3) is 5.69 Å². The quantitative estimate of drug-likeness (QED) is 0.332. The first-order valence-corrected chi connectivity index (χ1v) is 11.9. The highest BCUT2D eigenvalue weighted by atomic mass is 16.6. The molecule has 4 atom stereocenters. The zero-order valence-electron chi connectivity index (χ0n) is 19.6. The van der Waals surface area contributed by atoms with E-state index in [0.717, 1.165) is 12.8 Å². The molecule has 0 bridgehead atoms. The third-order valence-corrected chi connectivity index (χ3v) is 7.90. The summed E-state index contributed by atoms with van der Waals surface area (Å²) in [5.41, 5.74) is 1.13. The number of nitro groups is 1. The molecule has 0 radical (unpaired) electrons. The summed E-state index contributed by atoms with van der Waals surface area (Å²) in [7, 11) is 1.57. The molecule has 2 aromatic carbocycles. The number of fused-ring (bicyclic) bond motifs is 4. The average molecular weight is 485 g/mol. The number of Topliss-reactive ketones (excluding diaryl/α,β-unsaturated/α-hetero) is 1. The standard InChI is InChI=1S/C27H24N4O5/c1-36-19-9-10-21-20(14-19)27(26(33)29-21)24(25(32)17-6-3-11-28-15-17)23(22-8-4-12-30(22)27)16-5-2-7-18(13-16)31(34)35/h2-3,5-7,9-11,13-15,22-24H,4,8,12H2,1H3,(H,29,33)/t22?,23-,24?,27+/m0/s1. The number of amides is 1. The number of ketones is 1. The molecule has 1 N–H and O–H groups in total. The normalized spacial score (nSPS) is 26.5.